The molecule has 0 bridgehead atoms. The van der Waals surface area contributed by atoms with Crippen LogP contribution in [0.2, 0.25) is 0 Å². The summed E-state index contributed by atoms with van der Waals surface area (Å²) in [5.74, 6) is -0.263. The van der Waals surface area contributed by atoms with Gasteiger partial charge < -0.3 is 9.47 Å². The van der Waals surface area contributed by atoms with Crippen LogP contribution in [0.15, 0.2) is 30.3 Å². The number of benzene rings is 1. The SMILES string of the molecule is CCCCC1CCC(COC(=O)c2ccccc2)O1. The van der Waals surface area contributed by atoms with E-state index in [1.165, 1.54) is 12.8 Å². The van der Waals surface area contributed by atoms with Gasteiger partial charge in [0.2, 0.25) is 0 Å². The Hall–Kier alpha value is -1.35. The maximum atomic E-state index is 11.8. The van der Waals surface area contributed by atoms with Gasteiger partial charge in [-0.15, -0.1) is 0 Å². The van der Waals surface area contributed by atoms with Crippen molar-refractivity contribution in [1.82, 2.24) is 0 Å². The first kappa shape index (κ1) is 14.1. The van der Waals surface area contributed by atoms with Crippen LogP contribution in [-0.2, 0) is 9.47 Å². The zero-order valence-corrected chi connectivity index (χ0v) is 11.5. The molecule has 0 radical (unpaired) electrons. The standard InChI is InChI=1S/C16H22O3/c1-2-3-9-14-10-11-15(19-14)12-18-16(17)13-7-5-4-6-8-13/h4-8,14-15H,2-3,9-12H2,1H3. The lowest BCUT2D eigenvalue weighted by Gasteiger charge is -2.13. The Bertz CT molecular complexity index is 388. The van der Waals surface area contributed by atoms with E-state index in [2.05, 4.69) is 6.92 Å². The van der Waals surface area contributed by atoms with Gasteiger partial charge in [0.25, 0.3) is 0 Å². The molecule has 0 N–H and O–H groups in total. The Kier molecular flexibility index (Phi) is 5.40. The quantitative estimate of drug-likeness (QED) is 0.735. The first-order valence-corrected chi connectivity index (χ1v) is 7.17. The predicted molar refractivity (Wildman–Crippen MR) is 74.1 cm³/mol. The molecule has 0 aromatic heterocycles. The van der Waals surface area contributed by atoms with E-state index in [0.717, 1.165) is 19.3 Å². The fourth-order valence-electron chi connectivity index (χ4n) is 2.37. The van der Waals surface area contributed by atoms with Crippen molar-refractivity contribution in [2.24, 2.45) is 0 Å². The lowest BCUT2D eigenvalue weighted by Crippen LogP contribution is -2.19. The Balaban J connectivity index is 1.70. The topological polar surface area (TPSA) is 35.5 Å². The number of unbranched alkanes of at least 4 members (excludes halogenated alkanes) is 1. The van der Waals surface area contributed by atoms with Crippen molar-refractivity contribution < 1.29 is 14.3 Å². The molecule has 1 aromatic carbocycles. The molecule has 0 saturated carbocycles. The summed E-state index contributed by atoms with van der Waals surface area (Å²) in [6, 6.07) is 9.09. The smallest absolute Gasteiger partial charge is 0.338 e. The van der Waals surface area contributed by atoms with E-state index in [9.17, 15) is 4.79 Å². The minimum Gasteiger partial charge on any atom is -0.459 e. The van der Waals surface area contributed by atoms with E-state index < -0.39 is 0 Å². The molecule has 2 unspecified atom stereocenters. The van der Waals surface area contributed by atoms with Gasteiger partial charge >= 0.3 is 5.97 Å². The third-order valence-corrected chi connectivity index (χ3v) is 3.48. The van der Waals surface area contributed by atoms with E-state index >= 15 is 0 Å². The predicted octanol–water partition coefficient (Wildman–Crippen LogP) is 3.58. The first-order chi connectivity index (χ1) is 9.29. The molecule has 1 aliphatic rings. The summed E-state index contributed by atoms with van der Waals surface area (Å²) in [5.41, 5.74) is 0.600. The molecule has 0 aliphatic carbocycles. The molecular formula is C16H22O3. The third kappa shape index (κ3) is 4.35. The molecule has 1 saturated heterocycles. The van der Waals surface area contributed by atoms with Crippen molar-refractivity contribution in [3.05, 3.63) is 35.9 Å². The molecule has 0 amide bonds. The Morgan fingerprint density at radius 1 is 1.26 bits per heavy atom. The third-order valence-electron chi connectivity index (χ3n) is 3.48. The molecule has 19 heavy (non-hydrogen) atoms. The van der Waals surface area contributed by atoms with Gasteiger partial charge in [0.05, 0.1) is 17.8 Å². The van der Waals surface area contributed by atoms with Crippen molar-refractivity contribution in [3.63, 3.8) is 0 Å². The monoisotopic (exact) mass is 262 g/mol. The van der Waals surface area contributed by atoms with Gasteiger partial charge in [-0.05, 0) is 31.4 Å². The van der Waals surface area contributed by atoms with Crippen LogP contribution in [0.3, 0.4) is 0 Å². The normalized spacial score (nSPS) is 22.4. The highest BCUT2D eigenvalue weighted by Gasteiger charge is 2.25. The van der Waals surface area contributed by atoms with Crippen LogP contribution in [0.4, 0.5) is 0 Å². The molecule has 0 spiro atoms. The van der Waals surface area contributed by atoms with Gasteiger partial charge in [-0.1, -0.05) is 38.0 Å². The zero-order chi connectivity index (χ0) is 13.5. The fraction of sp³-hybridized carbons (Fsp3) is 0.562. The number of esters is 1. The van der Waals surface area contributed by atoms with Gasteiger partial charge in [0, 0.05) is 0 Å². The molecule has 2 atom stereocenters. The minimum absolute atomic E-state index is 0.0783. The van der Waals surface area contributed by atoms with Crippen LogP contribution in [0.25, 0.3) is 0 Å². The molecule has 104 valence electrons. The molecule has 1 heterocycles. The number of rotatable bonds is 6. The number of ether oxygens (including phenoxy) is 2. The summed E-state index contributed by atoms with van der Waals surface area (Å²) in [4.78, 5) is 11.8. The highest BCUT2D eigenvalue weighted by Crippen LogP contribution is 2.24. The van der Waals surface area contributed by atoms with Gasteiger partial charge in [-0.25, -0.2) is 4.79 Å². The molecular weight excluding hydrogens is 240 g/mol. The van der Waals surface area contributed by atoms with Crippen LogP contribution in [0, 0.1) is 0 Å². The van der Waals surface area contributed by atoms with Gasteiger partial charge in [-0.2, -0.15) is 0 Å². The molecule has 1 fully saturated rings. The maximum absolute atomic E-state index is 11.8. The van der Waals surface area contributed by atoms with Crippen molar-refractivity contribution in [2.45, 2.75) is 51.2 Å². The highest BCUT2D eigenvalue weighted by atomic mass is 16.6. The summed E-state index contributed by atoms with van der Waals surface area (Å²) in [7, 11) is 0. The second kappa shape index (κ2) is 7.29. The maximum Gasteiger partial charge on any atom is 0.338 e. The summed E-state index contributed by atoms with van der Waals surface area (Å²) in [6.07, 6.45) is 6.06. The Morgan fingerprint density at radius 3 is 2.74 bits per heavy atom. The minimum atomic E-state index is -0.263. The summed E-state index contributed by atoms with van der Waals surface area (Å²) in [6.45, 7) is 2.56. The largest absolute Gasteiger partial charge is 0.459 e. The van der Waals surface area contributed by atoms with Crippen LogP contribution < -0.4 is 0 Å². The molecule has 3 heteroatoms. The number of hydrogen-bond donors (Lipinski definition) is 0. The van der Waals surface area contributed by atoms with E-state index in [1.54, 1.807) is 12.1 Å². The lowest BCUT2D eigenvalue weighted by molar-refractivity contribution is -0.00998. The number of carbonyl (C=O) groups is 1. The van der Waals surface area contributed by atoms with Gasteiger partial charge in [0.1, 0.15) is 6.61 Å². The Labute approximate surface area is 114 Å². The zero-order valence-electron chi connectivity index (χ0n) is 11.5. The van der Waals surface area contributed by atoms with Gasteiger partial charge in [0.15, 0.2) is 0 Å². The number of carbonyl (C=O) groups excluding carboxylic acids is 1. The van der Waals surface area contributed by atoms with Crippen molar-refractivity contribution in [1.29, 1.82) is 0 Å². The van der Waals surface area contributed by atoms with E-state index in [-0.39, 0.29) is 12.1 Å². The highest BCUT2D eigenvalue weighted by molar-refractivity contribution is 5.89. The van der Waals surface area contributed by atoms with Crippen molar-refractivity contribution >= 4 is 5.97 Å². The summed E-state index contributed by atoms with van der Waals surface area (Å²) < 4.78 is 11.2. The van der Waals surface area contributed by atoms with Crippen molar-refractivity contribution in [3.8, 4) is 0 Å². The lowest BCUT2D eigenvalue weighted by atomic mass is 10.1. The molecule has 2 rings (SSSR count). The van der Waals surface area contributed by atoms with Gasteiger partial charge in [-0.3, -0.25) is 0 Å². The Morgan fingerprint density at radius 2 is 2.00 bits per heavy atom. The second-order valence-electron chi connectivity index (χ2n) is 5.06. The van der Waals surface area contributed by atoms with Crippen LogP contribution >= 0.6 is 0 Å². The van der Waals surface area contributed by atoms with E-state index in [0.29, 0.717) is 18.3 Å². The molecule has 1 aromatic rings. The average Bonchev–Trinajstić information content (AvgIpc) is 2.91. The summed E-state index contributed by atoms with van der Waals surface area (Å²) in [5, 5.41) is 0. The van der Waals surface area contributed by atoms with Crippen LogP contribution in [0.1, 0.15) is 49.4 Å². The van der Waals surface area contributed by atoms with Crippen LogP contribution in [0.5, 0.6) is 0 Å². The van der Waals surface area contributed by atoms with Crippen molar-refractivity contribution in [2.75, 3.05) is 6.61 Å². The summed E-state index contributed by atoms with van der Waals surface area (Å²) >= 11 is 0. The average molecular weight is 262 g/mol. The number of hydrogen-bond acceptors (Lipinski definition) is 3. The van der Waals surface area contributed by atoms with Crippen LogP contribution in [-0.4, -0.2) is 24.8 Å². The molecule has 3 nitrogen and oxygen atoms in total. The fourth-order valence-corrected chi connectivity index (χ4v) is 2.37. The van der Waals surface area contributed by atoms with E-state index in [1.807, 2.05) is 18.2 Å². The molecule has 1 aliphatic heterocycles. The first-order valence-electron chi connectivity index (χ1n) is 7.17. The second-order valence-corrected chi connectivity index (χ2v) is 5.06. The van der Waals surface area contributed by atoms with E-state index in [4.69, 9.17) is 9.47 Å².